The van der Waals surface area contributed by atoms with Crippen LogP contribution in [0.3, 0.4) is 0 Å². The summed E-state index contributed by atoms with van der Waals surface area (Å²) in [6, 6.07) is 1.48. The second kappa shape index (κ2) is 2.14. The van der Waals surface area contributed by atoms with Gasteiger partial charge in [0.05, 0.1) is 11.8 Å². The summed E-state index contributed by atoms with van der Waals surface area (Å²) >= 11 is 3.54. The summed E-state index contributed by atoms with van der Waals surface area (Å²) in [5.74, 6) is 0.120. The summed E-state index contributed by atoms with van der Waals surface area (Å²) in [6.45, 7) is 0. The van der Waals surface area contributed by atoms with Gasteiger partial charge >= 0.3 is 0 Å². The number of thiol groups is 1. The van der Waals surface area contributed by atoms with Crippen LogP contribution in [0, 0.1) is 0 Å². The van der Waals surface area contributed by atoms with E-state index in [9.17, 15) is 4.79 Å². The molecule has 0 aliphatic heterocycles. The molecule has 0 saturated heterocycles. The Kier molecular flexibility index (Phi) is 1.48. The Balaban J connectivity index is 3.08. The van der Waals surface area contributed by atoms with Crippen LogP contribution in [0.2, 0.25) is 0 Å². The first-order valence-corrected chi connectivity index (χ1v) is 2.73. The van der Waals surface area contributed by atoms with E-state index in [0.717, 1.165) is 0 Å². The van der Waals surface area contributed by atoms with Crippen molar-refractivity contribution in [2.45, 2.75) is 0 Å². The molecule has 0 spiro atoms. The Bertz CT molecular complexity index is 231. The molecule has 3 nitrogen and oxygen atoms in total. The van der Waals surface area contributed by atoms with E-state index in [1.807, 2.05) is 0 Å². The molecule has 0 aliphatic carbocycles. The Hall–Kier alpha value is -0.900. The van der Waals surface area contributed by atoms with Crippen molar-refractivity contribution in [1.29, 1.82) is 0 Å². The molecule has 0 saturated carbocycles. The predicted molar refractivity (Wildman–Crippen MR) is 36.4 cm³/mol. The molecule has 0 amide bonds. The second-order valence-corrected chi connectivity index (χ2v) is 1.91. The summed E-state index contributed by atoms with van der Waals surface area (Å²) in [5, 5.41) is -0.374. The Labute approximate surface area is 57.2 Å². The van der Waals surface area contributed by atoms with Crippen LogP contribution in [0.15, 0.2) is 16.7 Å². The maximum absolute atomic E-state index is 10.5. The van der Waals surface area contributed by atoms with Crippen molar-refractivity contribution in [3.8, 4) is 0 Å². The molecule has 0 radical (unpaired) electrons. The number of hydrogen-bond acceptors (Lipinski definition) is 3. The van der Waals surface area contributed by atoms with E-state index in [1.165, 1.54) is 12.3 Å². The van der Waals surface area contributed by atoms with Gasteiger partial charge in [0.15, 0.2) is 0 Å². The van der Waals surface area contributed by atoms with E-state index < -0.39 is 0 Å². The SMILES string of the molecule is Nc1occc1C(=O)S. The minimum Gasteiger partial charge on any atom is -0.448 e. The molecule has 1 rings (SSSR count). The molecule has 1 aromatic heterocycles. The number of carbonyl (C=O) groups excluding carboxylic acids is 1. The molecule has 0 atom stereocenters. The van der Waals surface area contributed by atoms with E-state index in [-0.39, 0.29) is 11.0 Å². The van der Waals surface area contributed by atoms with Gasteiger partial charge in [-0.15, -0.1) is 12.6 Å². The van der Waals surface area contributed by atoms with Crippen molar-refractivity contribution >= 4 is 23.6 Å². The van der Waals surface area contributed by atoms with Crippen LogP contribution in [0.1, 0.15) is 10.4 Å². The monoisotopic (exact) mass is 143 g/mol. The van der Waals surface area contributed by atoms with Gasteiger partial charge < -0.3 is 10.2 Å². The van der Waals surface area contributed by atoms with Gasteiger partial charge in [-0.2, -0.15) is 0 Å². The fourth-order valence-corrected chi connectivity index (χ4v) is 0.682. The van der Waals surface area contributed by atoms with Crippen LogP contribution in [-0.4, -0.2) is 5.12 Å². The molecule has 0 fully saturated rings. The Morgan fingerprint density at radius 3 is 2.67 bits per heavy atom. The lowest BCUT2D eigenvalue weighted by molar-refractivity contribution is 0.109. The second-order valence-electron chi connectivity index (χ2n) is 1.50. The van der Waals surface area contributed by atoms with E-state index in [1.54, 1.807) is 0 Å². The predicted octanol–water partition coefficient (Wildman–Crippen LogP) is 0.932. The lowest BCUT2D eigenvalue weighted by Gasteiger charge is -1.85. The number of nitrogens with two attached hydrogens (primary N) is 1. The smallest absolute Gasteiger partial charge is 0.221 e. The molecule has 0 aliphatic rings. The zero-order chi connectivity index (χ0) is 6.85. The molecule has 4 heteroatoms. The highest BCUT2D eigenvalue weighted by molar-refractivity contribution is 7.97. The normalized spacial score (nSPS) is 9.44. The van der Waals surface area contributed by atoms with Crippen LogP contribution in [-0.2, 0) is 0 Å². The number of rotatable bonds is 1. The average molecular weight is 143 g/mol. The third-order valence-corrected chi connectivity index (χ3v) is 1.17. The molecule has 0 aromatic carbocycles. The average Bonchev–Trinajstić information content (AvgIpc) is 2.13. The number of anilines is 1. The van der Waals surface area contributed by atoms with Gasteiger partial charge in [0, 0.05) is 0 Å². The van der Waals surface area contributed by atoms with Crippen LogP contribution < -0.4 is 5.73 Å². The Morgan fingerprint density at radius 1 is 1.78 bits per heavy atom. The maximum atomic E-state index is 10.5. The topological polar surface area (TPSA) is 56.2 Å². The molecule has 0 bridgehead atoms. The zero-order valence-corrected chi connectivity index (χ0v) is 5.39. The van der Waals surface area contributed by atoms with E-state index >= 15 is 0 Å². The molecular weight excluding hydrogens is 138 g/mol. The quantitative estimate of drug-likeness (QED) is 0.575. The van der Waals surface area contributed by atoms with E-state index in [2.05, 4.69) is 17.0 Å². The van der Waals surface area contributed by atoms with E-state index in [4.69, 9.17) is 5.73 Å². The largest absolute Gasteiger partial charge is 0.448 e. The van der Waals surface area contributed by atoms with Gasteiger partial charge in [0.2, 0.25) is 11.0 Å². The summed E-state index contributed by atoms with van der Waals surface area (Å²) in [4.78, 5) is 10.5. The van der Waals surface area contributed by atoms with Gasteiger partial charge in [-0.25, -0.2) is 0 Å². The van der Waals surface area contributed by atoms with Crippen molar-refractivity contribution in [3.63, 3.8) is 0 Å². The molecule has 48 valence electrons. The van der Waals surface area contributed by atoms with Gasteiger partial charge in [-0.05, 0) is 6.07 Å². The number of carbonyl (C=O) groups is 1. The van der Waals surface area contributed by atoms with Gasteiger partial charge in [-0.3, -0.25) is 4.79 Å². The third-order valence-electron chi connectivity index (χ3n) is 0.926. The highest BCUT2D eigenvalue weighted by atomic mass is 32.1. The van der Waals surface area contributed by atoms with Gasteiger partial charge in [0.1, 0.15) is 0 Å². The maximum Gasteiger partial charge on any atom is 0.221 e. The van der Waals surface area contributed by atoms with E-state index in [0.29, 0.717) is 5.56 Å². The highest BCUT2D eigenvalue weighted by Crippen LogP contribution is 2.13. The van der Waals surface area contributed by atoms with Crippen LogP contribution in [0.5, 0.6) is 0 Å². The molecule has 2 N–H and O–H groups in total. The van der Waals surface area contributed by atoms with Crippen molar-refractivity contribution in [2.24, 2.45) is 0 Å². The van der Waals surface area contributed by atoms with Gasteiger partial charge in [0.25, 0.3) is 0 Å². The lowest BCUT2D eigenvalue weighted by Crippen LogP contribution is -1.91. The van der Waals surface area contributed by atoms with Gasteiger partial charge in [-0.1, -0.05) is 0 Å². The first-order valence-electron chi connectivity index (χ1n) is 2.28. The van der Waals surface area contributed by atoms with Crippen molar-refractivity contribution < 1.29 is 9.21 Å². The van der Waals surface area contributed by atoms with Crippen molar-refractivity contribution in [2.75, 3.05) is 5.73 Å². The summed E-state index contributed by atoms with van der Waals surface area (Å²) in [7, 11) is 0. The molecule has 1 heterocycles. The Morgan fingerprint density at radius 2 is 2.44 bits per heavy atom. The highest BCUT2D eigenvalue weighted by Gasteiger charge is 2.06. The molecule has 9 heavy (non-hydrogen) atoms. The number of nitrogen functional groups attached to an aromatic ring is 1. The minimum atomic E-state index is -0.374. The zero-order valence-electron chi connectivity index (χ0n) is 4.50. The lowest BCUT2D eigenvalue weighted by atomic mass is 10.3. The molecule has 0 unspecified atom stereocenters. The summed E-state index contributed by atoms with van der Waals surface area (Å²) in [5.41, 5.74) is 5.52. The first kappa shape index (κ1) is 6.22. The summed E-state index contributed by atoms with van der Waals surface area (Å²) < 4.78 is 4.63. The van der Waals surface area contributed by atoms with Crippen LogP contribution >= 0.6 is 12.6 Å². The fourth-order valence-electron chi connectivity index (χ4n) is 0.498. The third kappa shape index (κ3) is 1.08. The van der Waals surface area contributed by atoms with Crippen molar-refractivity contribution in [1.82, 2.24) is 0 Å². The molecular formula is C5H5NO2S. The van der Waals surface area contributed by atoms with Crippen LogP contribution in [0.25, 0.3) is 0 Å². The number of furan rings is 1. The first-order chi connectivity index (χ1) is 4.22. The fraction of sp³-hybridized carbons (Fsp3) is 0. The van der Waals surface area contributed by atoms with Crippen molar-refractivity contribution in [3.05, 3.63) is 17.9 Å². The standard InChI is InChI=1S/C5H5NO2S/c6-4-3(5(7)9)1-2-8-4/h1-2H,6H2,(H,7,9). The molecule has 1 aromatic rings. The number of hydrogen-bond donors (Lipinski definition) is 2. The summed E-state index contributed by atoms with van der Waals surface area (Å²) in [6.07, 6.45) is 1.35. The minimum absolute atomic E-state index is 0.120. The van der Waals surface area contributed by atoms with Crippen LogP contribution in [0.4, 0.5) is 5.88 Å².